The van der Waals surface area contributed by atoms with Gasteiger partial charge in [-0.15, -0.1) is 0 Å². The van der Waals surface area contributed by atoms with Crippen LogP contribution in [0.1, 0.15) is 49.8 Å². The molecule has 0 radical (unpaired) electrons. The summed E-state index contributed by atoms with van der Waals surface area (Å²) in [6.45, 7) is 8.82. The summed E-state index contributed by atoms with van der Waals surface area (Å²) in [6, 6.07) is 9.92. The number of nitrogens with one attached hydrogen (secondary N) is 1. The summed E-state index contributed by atoms with van der Waals surface area (Å²) < 4.78 is 43.6. The molecular weight excluding hydrogens is 481 g/mol. The van der Waals surface area contributed by atoms with Crippen LogP contribution in [-0.2, 0) is 12.7 Å². The van der Waals surface area contributed by atoms with Crippen LogP contribution in [0.25, 0.3) is 22.5 Å². The van der Waals surface area contributed by atoms with Gasteiger partial charge in [-0.1, -0.05) is 12.1 Å². The zero-order valence-corrected chi connectivity index (χ0v) is 21.0. The van der Waals surface area contributed by atoms with E-state index in [2.05, 4.69) is 19.9 Å². The largest absolute Gasteiger partial charge is 0.416 e. The number of anilines is 1. The molecular formula is C27H27F3N6O. The number of fused-ring (bicyclic) bond motifs is 3. The van der Waals surface area contributed by atoms with E-state index in [0.29, 0.717) is 41.4 Å². The summed E-state index contributed by atoms with van der Waals surface area (Å²) in [5, 5.41) is 3.43. The van der Waals surface area contributed by atoms with Gasteiger partial charge in [0.1, 0.15) is 17.5 Å². The first-order chi connectivity index (χ1) is 17.5. The number of rotatable bonds is 4. The molecule has 1 atom stereocenters. The van der Waals surface area contributed by atoms with Gasteiger partial charge in [0.15, 0.2) is 5.49 Å². The highest BCUT2D eigenvalue weighted by atomic mass is 19.4. The molecule has 1 aromatic heterocycles. The Balaban J connectivity index is 1.71. The zero-order valence-electron chi connectivity index (χ0n) is 21.0. The first-order valence-electron chi connectivity index (χ1n) is 12.1. The van der Waals surface area contributed by atoms with Crippen LogP contribution in [0.2, 0.25) is 0 Å². The molecule has 4 heterocycles. The highest BCUT2D eigenvalue weighted by molar-refractivity contribution is 5.82. The Labute approximate surface area is 211 Å². The van der Waals surface area contributed by atoms with Crippen molar-refractivity contribution in [1.29, 1.82) is 0 Å². The summed E-state index contributed by atoms with van der Waals surface area (Å²) >= 11 is 0. The monoisotopic (exact) mass is 508 g/mol. The minimum atomic E-state index is -4.43. The Morgan fingerprint density at radius 2 is 1.84 bits per heavy atom. The fourth-order valence-corrected chi connectivity index (χ4v) is 4.66. The second-order valence-electron chi connectivity index (χ2n) is 9.50. The Kier molecular flexibility index (Phi) is 6.13. The molecule has 7 nitrogen and oxygen atoms in total. The molecule has 0 spiro atoms. The molecule has 0 saturated carbocycles. The third-order valence-electron chi connectivity index (χ3n) is 6.53. The van der Waals surface area contributed by atoms with Crippen molar-refractivity contribution in [2.75, 3.05) is 11.9 Å². The Hall–Kier alpha value is -3.95. The quantitative estimate of drug-likeness (QED) is 0.411. The Bertz CT molecular complexity index is 1580. The summed E-state index contributed by atoms with van der Waals surface area (Å²) in [5.74, 6) is 2.10. The molecule has 1 unspecified atom stereocenters. The van der Waals surface area contributed by atoms with Crippen LogP contribution in [0.3, 0.4) is 0 Å². The number of alkyl halides is 3. The molecule has 3 aliphatic heterocycles. The van der Waals surface area contributed by atoms with Crippen molar-refractivity contribution >= 4 is 5.82 Å². The molecule has 37 heavy (non-hydrogen) atoms. The second kappa shape index (κ2) is 9.17. The number of hydrogen-bond acceptors (Lipinski definition) is 5. The van der Waals surface area contributed by atoms with Crippen LogP contribution < -0.4 is 16.4 Å². The molecule has 0 bridgehead atoms. The smallest absolute Gasteiger partial charge is 0.369 e. The molecule has 0 saturated heterocycles. The fraction of sp³-hybridized carbons (Fsp3) is 0.333. The number of benzene rings is 1. The highest BCUT2D eigenvalue weighted by Gasteiger charge is 2.31. The van der Waals surface area contributed by atoms with Crippen LogP contribution in [0.15, 0.2) is 58.4 Å². The van der Waals surface area contributed by atoms with Crippen LogP contribution in [0.4, 0.5) is 19.0 Å². The molecule has 1 N–H and O–H groups in total. The summed E-state index contributed by atoms with van der Waals surface area (Å²) in [4.78, 5) is 26.4. The maximum atomic E-state index is 13.3. The maximum Gasteiger partial charge on any atom is 0.416 e. The Morgan fingerprint density at radius 1 is 1.05 bits per heavy atom. The van der Waals surface area contributed by atoms with Crippen LogP contribution in [0.5, 0.6) is 0 Å². The molecule has 2 aromatic rings. The zero-order chi connectivity index (χ0) is 26.5. The third-order valence-corrected chi connectivity index (χ3v) is 6.53. The maximum absolute atomic E-state index is 13.3. The number of halogens is 3. The van der Waals surface area contributed by atoms with E-state index >= 15 is 0 Å². The highest BCUT2D eigenvalue weighted by Crippen LogP contribution is 2.36. The average Bonchev–Trinajstić information content (AvgIpc) is 3.34. The molecule has 192 valence electrons. The molecule has 10 heteroatoms. The van der Waals surface area contributed by atoms with Crippen LogP contribution >= 0.6 is 0 Å². The van der Waals surface area contributed by atoms with Crippen molar-refractivity contribution in [1.82, 2.24) is 19.1 Å². The van der Waals surface area contributed by atoms with Crippen LogP contribution in [0, 0.1) is 6.92 Å². The van der Waals surface area contributed by atoms with Gasteiger partial charge in [-0.3, -0.25) is 9.79 Å². The van der Waals surface area contributed by atoms with Crippen molar-refractivity contribution in [3.63, 3.8) is 0 Å². The van der Waals surface area contributed by atoms with E-state index in [1.165, 1.54) is 6.07 Å². The van der Waals surface area contributed by atoms with E-state index in [0.717, 1.165) is 29.1 Å². The minimum Gasteiger partial charge on any atom is -0.369 e. The lowest BCUT2D eigenvalue weighted by molar-refractivity contribution is -0.137. The lowest BCUT2D eigenvalue weighted by Crippen LogP contribution is -2.22. The number of hydrogen-bond donors (Lipinski definition) is 1. The molecule has 3 aliphatic rings. The van der Waals surface area contributed by atoms with Gasteiger partial charge in [-0.25, -0.2) is 9.97 Å². The lowest BCUT2D eigenvalue weighted by Gasteiger charge is -2.19. The van der Waals surface area contributed by atoms with Gasteiger partial charge in [-0.2, -0.15) is 13.2 Å². The summed E-state index contributed by atoms with van der Waals surface area (Å²) in [6.07, 6.45) is -2.59. The van der Waals surface area contributed by atoms with Crippen molar-refractivity contribution < 1.29 is 13.2 Å². The van der Waals surface area contributed by atoms with Crippen molar-refractivity contribution in [2.24, 2.45) is 4.99 Å². The van der Waals surface area contributed by atoms with E-state index in [1.807, 2.05) is 26.1 Å². The van der Waals surface area contributed by atoms with E-state index in [-0.39, 0.29) is 11.6 Å². The number of aryl methyl sites for hydroxylation is 1. The number of nitrogens with zero attached hydrogens (tertiary/aromatic N) is 5. The number of pyridine rings is 2. The molecule has 1 aromatic carbocycles. The molecule has 0 aliphatic carbocycles. The minimum absolute atomic E-state index is 0.00794. The number of aromatic nitrogens is 4. The van der Waals surface area contributed by atoms with E-state index in [1.54, 1.807) is 36.6 Å². The second-order valence-corrected chi connectivity index (χ2v) is 9.50. The van der Waals surface area contributed by atoms with Gasteiger partial charge in [0.25, 0.3) is 5.56 Å². The van der Waals surface area contributed by atoms with Gasteiger partial charge < -0.3 is 14.5 Å². The fourth-order valence-electron chi connectivity index (χ4n) is 4.66. The van der Waals surface area contributed by atoms with Gasteiger partial charge in [0.05, 0.1) is 17.2 Å². The lowest BCUT2D eigenvalue weighted by atomic mass is 10.0. The first kappa shape index (κ1) is 24.7. The summed E-state index contributed by atoms with van der Waals surface area (Å²) in [5.41, 5.74) is 2.47. The molecule has 5 rings (SSSR count). The van der Waals surface area contributed by atoms with Gasteiger partial charge in [0, 0.05) is 42.5 Å². The average molecular weight is 509 g/mol. The normalized spacial score (nSPS) is 14.8. The van der Waals surface area contributed by atoms with E-state index in [9.17, 15) is 18.0 Å². The SMILES string of the molecule is Cc1nc2n3c(c(-c4ccc(=O)n(C(C)C)c4)cc-2c(=NC(C)c2cccc(C(F)(F)F)c2)n1)NCC3. The van der Waals surface area contributed by atoms with Crippen LogP contribution in [-0.4, -0.2) is 25.6 Å². The first-order valence-corrected chi connectivity index (χ1v) is 12.1. The van der Waals surface area contributed by atoms with Gasteiger partial charge >= 0.3 is 6.18 Å². The topological polar surface area (TPSA) is 77.1 Å². The molecule has 0 amide bonds. The van der Waals surface area contributed by atoms with Gasteiger partial charge in [0.2, 0.25) is 0 Å². The van der Waals surface area contributed by atoms with E-state index in [4.69, 9.17) is 4.99 Å². The predicted molar refractivity (Wildman–Crippen MR) is 135 cm³/mol. The predicted octanol–water partition coefficient (Wildman–Crippen LogP) is 5.21. The van der Waals surface area contributed by atoms with Crippen molar-refractivity contribution in [3.05, 3.63) is 81.5 Å². The standard InChI is InChI=1S/C27H27F3N6O/c1-15(2)36-14-19(8-9-23(36)37)21-13-22-24(33-17(4)34-26(22)35-11-10-31-25(21)35)32-16(3)18-6-5-7-20(12-18)27(28,29)30/h5-9,12-16,31H,10-11H2,1-4H3. The Morgan fingerprint density at radius 3 is 2.57 bits per heavy atom. The summed E-state index contributed by atoms with van der Waals surface area (Å²) in [7, 11) is 0. The molecule has 0 fully saturated rings. The van der Waals surface area contributed by atoms with E-state index < -0.39 is 17.8 Å². The van der Waals surface area contributed by atoms with Crippen molar-refractivity contribution in [2.45, 2.75) is 52.5 Å². The van der Waals surface area contributed by atoms with Crippen molar-refractivity contribution in [3.8, 4) is 22.5 Å². The van der Waals surface area contributed by atoms with Gasteiger partial charge in [-0.05, 0) is 57.5 Å². The third kappa shape index (κ3) is 4.63.